The molecule has 92 valence electrons. The fourth-order valence-corrected chi connectivity index (χ4v) is 0.674. The predicted molar refractivity (Wildman–Crippen MR) is 47.5 cm³/mol. The summed E-state index contributed by atoms with van der Waals surface area (Å²) < 4.78 is 41.0. The molecule has 0 aromatic heterocycles. The van der Waals surface area contributed by atoms with Gasteiger partial charge >= 0.3 is 18.2 Å². The van der Waals surface area contributed by atoms with Gasteiger partial charge < -0.3 is 10.5 Å². The van der Waals surface area contributed by atoms with Gasteiger partial charge in [-0.2, -0.15) is 18.3 Å². The van der Waals surface area contributed by atoms with E-state index in [1.807, 2.05) is 0 Å². The van der Waals surface area contributed by atoms with Crippen LogP contribution < -0.4 is 11.2 Å². The Balaban J connectivity index is 4.63. The number of nitrogens with zero attached hydrogens (tertiary/aromatic N) is 1. The number of carbonyl (C=O) groups is 2. The summed E-state index contributed by atoms with van der Waals surface area (Å²) in [6, 6.07) is -1.26. The number of hydrogen-bond donors (Lipinski definition) is 2. The van der Waals surface area contributed by atoms with Crippen molar-refractivity contribution in [3.05, 3.63) is 0 Å². The molecule has 6 nitrogen and oxygen atoms in total. The lowest BCUT2D eigenvalue weighted by molar-refractivity contribution is -0.142. The number of nitrogens with one attached hydrogen (secondary N) is 1. The fraction of sp³-hybridized carbons (Fsp3) is 0.571. The third kappa shape index (κ3) is 5.83. The van der Waals surface area contributed by atoms with Gasteiger partial charge in [-0.3, -0.25) is 4.79 Å². The molecule has 0 aromatic rings. The van der Waals surface area contributed by atoms with E-state index in [4.69, 9.17) is 0 Å². The number of primary amides is 1. The minimum Gasteiger partial charge on any atom is -0.466 e. The molecule has 0 saturated heterocycles. The Labute approximate surface area is 88.6 Å². The largest absolute Gasteiger partial charge is 0.466 e. The molecule has 0 aliphatic carbocycles. The van der Waals surface area contributed by atoms with Gasteiger partial charge in [-0.05, 0) is 6.92 Å². The summed E-state index contributed by atoms with van der Waals surface area (Å²) in [5, 5.41) is 2.68. The summed E-state index contributed by atoms with van der Waals surface area (Å²) in [5.41, 5.74) is 4.45. The second-order valence-electron chi connectivity index (χ2n) is 2.51. The highest BCUT2D eigenvalue weighted by Crippen LogP contribution is 2.19. The minimum absolute atomic E-state index is 0.0484. The van der Waals surface area contributed by atoms with Gasteiger partial charge in [0.05, 0.1) is 13.0 Å². The smallest absolute Gasteiger partial charge is 0.431 e. The molecule has 9 heteroatoms. The molecule has 0 aliphatic heterocycles. The van der Waals surface area contributed by atoms with Crippen LogP contribution in [0.25, 0.3) is 0 Å². The molecule has 0 heterocycles. The maximum Gasteiger partial charge on any atom is 0.431 e. The predicted octanol–water partition coefficient (Wildman–Crippen LogP) is 0.526. The number of carbonyl (C=O) groups excluding carboxylic acids is 2. The van der Waals surface area contributed by atoms with Gasteiger partial charge in [0.15, 0.2) is 5.71 Å². The van der Waals surface area contributed by atoms with Gasteiger partial charge in [0.2, 0.25) is 0 Å². The van der Waals surface area contributed by atoms with Gasteiger partial charge in [-0.1, -0.05) is 0 Å². The lowest BCUT2D eigenvalue weighted by Gasteiger charge is -2.09. The van der Waals surface area contributed by atoms with Crippen molar-refractivity contribution in [2.24, 2.45) is 10.8 Å². The maximum atomic E-state index is 12.2. The van der Waals surface area contributed by atoms with E-state index >= 15 is 0 Å². The molecule has 0 aliphatic rings. The Hall–Kier alpha value is -1.80. The Kier molecular flexibility index (Phi) is 5.26. The Morgan fingerprint density at radius 2 is 2.00 bits per heavy atom. The van der Waals surface area contributed by atoms with Gasteiger partial charge in [-0.15, -0.1) is 0 Å². The average Bonchev–Trinajstić information content (AvgIpc) is 2.10. The minimum atomic E-state index is -4.84. The third-order valence-corrected chi connectivity index (χ3v) is 1.25. The Bertz CT molecular complexity index is 301. The average molecular weight is 241 g/mol. The third-order valence-electron chi connectivity index (χ3n) is 1.25. The lowest BCUT2D eigenvalue weighted by Crippen LogP contribution is -2.32. The number of esters is 1. The zero-order valence-corrected chi connectivity index (χ0v) is 8.30. The summed E-state index contributed by atoms with van der Waals surface area (Å²) in [4.78, 5) is 21.0. The van der Waals surface area contributed by atoms with E-state index in [-0.39, 0.29) is 6.61 Å². The van der Waals surface area contributed by atoms with Crippen molar-refractivity contribution in [1.29, 1.82) is 0 Å². The SMILES string of the molecule is CCOC(=O)C/C(=N\NC(N)=O)C(F)(F)F. The van der Waals surface area contributed by atoms with Gasteiger partial charge in [-0.25, -0.2) is 10.2 Å². The maximum absolute atomic E-state index is 12.2. The quantitative estimate of drug-likeness (QED) is 0.427. The van der Waals surface area contributed by atoms with E-state index in [0.717, 1.165) is 0 Å². The van der Waals surface area contributed by atoms with Crippen LogP contribution in [-0.4, -0.2) is 30.5 Å². The molecule has 0 rings (SSSR count). The first kappa shape index (κ1) is 14.2. The first-order valence-electron chi connectivity index (χ1n) is 4.12. The molecular weight excluding hydrogens is 231 g/mol. The van der Waals surface area contributed by atoms with E-state index in [0.29, 0.717) is 0 Å². The molecule has 0 spiro atoms. The number of nitrogens with two attached hydrogens (primary N) is 1. The van der Waals surface area contributed by atoms with Gasteiger partial charge in [0.1, 0.15) is 0 Å². The van der Waals surface area contributed by atoms with Crippen LogP contribution in [0, 0.1) is 0 Å². The Morgan fingerprint density at radius 3 is 2.38 bits per heavy atom. The molecule has 3 N–H and O–H groups in total. The van der Waals surface area contributed by atoms with Crippen LogP contribution in [0.2, 0.25) is 0 Å². The summed E-state index contributed by atoms with van der Waals surface area (Å²) in [6.45, 7) is 1.40. The number of hydrogen-bond acceptors (Lipinski definition) is 4. The molecule has 0 fully saturated rings. The first-order valence-corrected chi connectivity index (χ1v) is 4.12. The van der Waals surface area contributed by atoms with Gasteiger partial charge in [0, 0.05) is 0 Å². The lowest BCUT2D eigenvalue weighted by atomic mass is 10.2. The van der Waals surface area contributed by atoms with Crippen LogP contribution in [0.5, 0.6) is 0 Å². The Morgan fingerprint density at radius 1 is 1.44 bits per heavy atom. The zero-order valence-electron chi connectivity index (χ0n) is 8.30. The standard InChI is InChI=1S/C7H10F3N3O3/c1-2-16-5(14)3-4(7(8,9)10)12-13-6(11)15/h2-3H2,1H3,(H3,11,13,15)/b12-4+. The van der Waals surface area contributed by atoms with Crippen LogP contribution in [-0.2, 0) is 9.53 Å². The van der Waals surface area contributed by atoms with E-state index in [2.05, 4.69) is 15.6 Å². The van der Waals surface area contributed by atoms with Crippen LogP contribution in [0.3, 0.4) is 0 Å². The number of ether oxygens (including phenoxy) is 1. The van der Waals surface area contributed by atoms with E-state index in [1.54, 1.807) is 0 Å². The second kappa shape index (κ2) is 5.93. The number of rotatable bonds is 4. The van der Waals surface area contributed by atoms with E-state index in [1.165, 1.54) is 12.3 Å². The normalized spacial score (nSPS) is 12.1. The molecule has 0 atom stereocenters. The highest BCUT2D eigenvalue weighted by molar-refractivity contribution is 6.02. The van der Waals surface area contributed by atoms with Crippen molar-refractivity contribution in [3.8, 4) is 0 Å². The van der Waals surface area contributed by atoms with E-state index < -0.39 is 30.3 Å². The topological polar surface area (TPSA) is 93.8 Å². The number of alkyl halides is 3. The summed E-state index contributed by atoms with van der Waals surface area (Å²) in [5.74, 6) is -1.09. The van der Waals surface area contributed by atoms with Crippen LogP contribution >= 0.6 is 0 Å². The first-order chi connectivity index (χ1) is 7.27. The zero-order chi connectivity index (χ0) is 12.8. The molecule has 0 aromatic carbocycles. The molecule has 0 saturated carbocycles. The van der Waals surface area contributed by atoms with E-state index in [9.17, 15) is 22.8 Å². The summed E-state index contributed by atoms with van der Waals surface area (Å²) >= 11 is 0. The van der Waals surface area contributed by atoms with Crippen LogP contribution in [0.15, 0.2) is 5.10 Å². The van der Waals surface area contributed by atoms with Crippen LogP contribution in [0.1, 0.15) is 13.3 Å². The van der Waals surface area contributed by atoms with Crippen molar-refractivity contribution in [1.82, 2.24) is 5.43 Å². The monoisotopic (exact) mass is 241 g/mol. The van der Waals surface area contributed by atoms with Crippen molar-refractivity contribution < 1.29 is 27.5 Å². The van der Waals surface area contributed by atoms with Crippen molar-refractivity contribution in [2.45, 2.75) is 19.5 Å². The van der Waals surface area contributed by atoms with Crippen molar-refractivity contribution in [2.75, 3.05) is 6.61 Å². The number of amides is 2. The fourth-order valence-electron chi connectivity index (χ4n) is 0.674. The molecular formula is C7H10F3N3O3. The molecule has 0 bridgehead atoms. The van der Waals surface area contributed by atoms with Crippen molar-refractivity contribution in [3.63, 3.8) is 0 Å². The molecule has 16 heavy (non-hydrogen) atoms. The van der Waals surface area contributed by atoms with Gasteiger partial charge in [0.25, 0.3) is 0 Å². The summed E-state index contributed by atoms with van der Waals surface area (Å²) in [7, 11) is 0. The number of halogens is 3. The molecule has 0 unspecified atom stereocenters. The molecule has 0 radical (unpaired) electrons. The number of urea groups is 1. The van der Waals surface area contributed by atoms with Crippen molar-refractivity contribution >= 4 is 17.7 Å². The summed E-state index contributed by atoms with van der Waals surface area (Å²) in [6.07, 6.45) is -5.92. The highest BCUT2D eigenvalue weighted by atomic mass is 19.4. The highest BCUT2D eigenvalue weighted by Gasteiger charge is 2.37. The molecule has 2 amide bonds. The number of hydrazone groups is 1. The second-order valence-corrected chi connectivity index (χ2v) is 2.51. The van der Waals surface area contributed by atoms with Crippen LogP contribution in [0.4, 0.5) is 18.0 Å².